The third-order valence-corrected chi connectivity index (χ3v) is 2.92. The van der Waals surface area contributed by atoms with Crippen molar-refractivity contribution in [2.45, 2.75) is 13.3 Å². The molecule has 16 heavy (non-hydrogen) atoms. The standard InChI is InChI=1S/C13H16N2O/c1-11-9-13(4-3-12(11)10-14)15-5-2-7-16-8-6-15/h3-4,9H,2,5-8H2,1H3. The highest BCUT2D eigenvalue weighted by atomic mass is 16.5. The number of nitrogens with zero attached hydrogens (tertiary/aromatic N) is 2. The molecular weight excluding hydrogens is 200 g/mol. The van der Waals surface area contributed by atoms with Crippen molar-refractivity contribution in [1.29, 1.82) is 5.26 Å². The zero-order valence-electron chi connectivity index (χ0n) is 9.57. The summed E-state index contributed by atoms with van der Waals surface area (Å²) in [7, 11) is 0. The zero-order valence-corrected chi connectivity index (χ0v) is 9.57. The maximum Gasteiger partial charge on any atom is 0.0994 e. The lowest BCUT2D eigenvalue weighted by Crippen LogP contribution is -2.25. The van der Waals surface area contributed by atoms with E-state index in [4.69, 9.17) is 10.00 Å². The van der Waals surface area contributed by atoms with Crippen molar-refractivity contribution in [2.75, 3.05) is 31.2 Å². The monoisotopic (exact) mass is 216 g/mol. The summed E-state index contributed by atoms with van der Waals surface area (Å²) >= 11 is 0. The van der Waals surface area contributed by atoms with Gasteiger partial charge in [-0.15, -0.1) is 0 Å². The molecule has 0 saturated carbocycles. The lowest BCUT2D eigenvalue weighted by molar-refractivity contribution is 0.152. The van der Waals surface area contributed by atoms with E-state index in [0.717, 1.165) is 43.9 Å². The molecule has 0 amide bonds. The summed E-state index contributed by atoms with van der Waals surface area (Å²) in [6, 6.07) is 8.21. The van der Waals surface area contributed by atoms with Crippen LogP contribution in [0.25, 0.3) is 0 Å². The first-order valence-corrected chi connectivity index (χ1v) is 5.65. The first kappa shape index (κ1) is 11.0. The van der Waals surface area contributed by atoms with Gasteiger partial charge in [0, 0.05) is 25.4 Å². The van der Waals surface area contributed by atoms with Crippen LogP contribution in [0.4, 0.5) is 5.69 Å². The largest absolute Gasteiger partial charge is 0.380 e. The minimum absolute atomic E-state index is 0.759. The number of hydrogen-bond acceptors (Lipinski definition) is 3. The zero-order chi connectivity index (χ0) is 11.4. The van der Waals surface area contributed by atoms with Crippen molar-refractivity contribution in [3.8, 4) is 6.07 Å². The van der Waals surface area contributed by atoms with Gasteiger partial charge >= 0.3 is 0 Å². The summed E-state index contributed by atoms with van der Waals surface area (Å²) in [5.74, 6) is 0. The van der Waals surface area contributed by atoms with Crippen molar-refractivity contribution >= 4 is 5.69 Å². The highest BCUT2D eigenvalue weighted by molar-refractivity contribution is 5.53. The molecule has 0 unspecified atom stereocenters. The Morgan fingerprint density at radius 3 is 2.94 bits per heavy atom. The Morgan fingerprint density at radius 2 is 2.19 bits per heavy atom. The Labute approximate surface area is 96.2 Å². The van der Waals surface area contributed by atoms with Gasteiger partial charge < -0.3 is 9.64 Å². The summed E-state index contributed by atoms with van der Waals surface area (Å²) < 4.78 is 5.43. The molecule has 1 heterocycles. The van der Waals surface area contributed by atoms with Gasteiger partial charge in [-0.2, -0.15) is 5.26 Å². The lowest BCUT2D eigenvalue weighted by atomic mass is 10.1. The fourth-order valence-corrected chi connectivity index (χ4v) is 1.97. The molecule has 3 heteroatoms. The van der Waals surface area contributed by atoms with E-state index in [0.29, 0.717) is 0 Å². The predicted octanol–water partition coefficient (Wildman–Crippen LogP) is 2.09. The second-order valence-electron chi connectivity index (χ2n) is 4.06. The maximum atomic E-state index is 8.88. The van der Waals surface area contributed by atoms with Crippen LogP contribution in [0.5, 0.6) is 0 Å². The highest BCUT2D eigenvalue weighted by Crippen LogP contribution is 2.19. The number of hydrogen-bond donors (Lipinski definition) is 0. The van der Waals surface area contributed by atoms with Crippen molar-refractivity contribution in [3.05, 3.63) is 29.3 Å². The van der Waals surface area contributed by atoms with Crippen molar-refractivity contribution in [2.24, 2.45) is 0 Å². The van der Waals surface area contributed by atoms with E-state index in [1.54, 1.807) is 0 Å². The van der Waals surface area contributed by atoms with Gasteiger partial charge in [-0.05, 0) is 37.1 Å². The Bertz CT molecular complexity index is 401. The summed E-state index contributed by atoms with van der Waals surface area (Å²) in [6.07, 6.45) is 1.07. The van der Waals surface area contributed by atoms with Crippen molar-refractivity contribution in [1.82, 2.24) is 0 Å². The summed E-state index contributed by atoms with van der Waals surface area (Å²) in [6.45, 7) is 5.60. The van der Waals surface area contributed by atoms with E-state index in [9.17, 15) is 0 Å². The molecule has 1 fully saturated rings. The second kappa shape index (κ2) is 5.00. The molecule has 1 saturated heterocycles. The van der Waals surface area contributed by atoms with Crippen molar-refractivity contribution in [3.63, 3.8) is 0 Å². The molecule has 0 atom stereocenters. The van der Waals surface area contributed by atoms with Crippen LogP contribution in [0.15, 0.2) is 18.2 Å². The Hall–Kier alpha value is -1.53. The Balaban J connectivity index is 2.20. The van der Waals surface area contributed by atoms with E-state index in [1.165, 1.54) is 5.69 Å². The topological polar surface area (TPSA) is 36.3 Å². The molecule has 0 radical (unpaired) electrons. The first-order chi connectivity index (χ1) is 7.81. The molecule has 1 aromatic carbocycles. The minimum atomic E-state index is 0.759. The molecule has 0 spiro atoms. The molecule has 0 N–H and O–H groups in total. The van der Waals surface area contributed by atoms with Gasteiger partial charge in [0.15, 0.2) is 0 Å². The van der Waals surface area contributed by atoms with E-state index in [2.05, 4.69) is 17.0 Å². The van der Waals surface area contributed by atoms with Crippen LogP contribution in [-0.2, 0) is 4.74 Å². The minimum Gasteiger partial charge on any atom is -0.380 e. The molecule has 2 rings (SSSR count). The molecule has 0 aromatic heterocycles. The van der Waals surface area contributed by atoms with Gasteiger partial charge in [-0.25, -0.2) is 0 Å². The maximum absolute atomic E-state index is 8.88. The van der Waals surface area contributed by atoms with Gasteiger partial charge in [-0.3, -0.25) is 0 Å². The van der Waals surface area contributed by atoms with Gasteiger partial charge in [0.2, 0.25) is 0 Å². The van der Waals surface area contributed by atoms with Gasteiger partial charge in [0.25, 0.3) is 0 Å². The number of benzene rings is 1. The molecular formula is C13H16N2O. The van der Waals surface area contributed by atoms with E-state index in [-0.39, 0.29) is 0 Å². The molecule has 84 valence electrons. The highest BCUT2D eigenvalue weighted by Gasteiger charge is 2.10. The third kappa shape index (κ3) is 2.34. The van der Waals surface area contributed by atoms with E-state index >= 15 is 0 Å². The first-order valence-electron chi connectivity index (χ1n) is 5.65. The molecule has 3 nitrogen and oxygen atoms in total. The second-order valence-corrected chi connectivity index (χ2v) is 4.06. The van der Waals surface area contributed by atoms with Crippen LogP contribution in [-0.4, -0.2) is 26.3 Å². The number of aryl methyl sites for hydroxylation is 1. The normalized spacial score (nSPS) is 16.6. The Morgan fingerprint density at radius 1 is 1.31 bits per heavy atom. The smallest absolute Gasteiger partial charge is 0.0994 e. The predicted molar refractivity (Wildman–Crippen MR) is 63.5 cm³/mol. The lowest BCUT2D eigenvalue weighted by Gasteiger charge is -2.22. The summed E-state index contributed by atoms with van der Waals surface area (Å²) in [5, 5.41) is 8.88. The summed E-state index contributed by atoms with van der Waals surface area (Å²) in [5.41, 5.74) is 3.00. The number of nitriles is 1. The summed E-state index contributed by atoms with van der Waals surface area (Å²) in [4.78, 5) is 2.32. The molecule has 1 aromatic rings. The van der Waals surface area contributed by atoms with Crippen LogP contribution in [0.2, 0.25) is 0 Å². The average molecular weight is 216 g/mol. The van der Waals surface area contributed by atoms with Crippen LogP contribution in [0.3, 0.4) is 0 Å². The number of ether oxygens (including phenoxy) is 1. The van der Waals surface area contributed by atoms with Crippen LogP contribution < -0.4 is 4.90 Å². The van der Waals surface area contributed by atoms with E-state index < -0.39 is 0 Å². The van der Waals surface area contributed by atoms with Crippen molar-refractivity contribution < 1.29 is 4.74 Å². The Kier molecular flexibility index (Phi) is 3.43. The third-order valence-electron chi connectivity index (χ3n) is 2.92. The van der Waals surface area contributed by atoms with Crippen LogP contribution in [0.1, 0.15) is 17.5 Å². The fraction of sp³-hybridized carbons (Fsp3) is 0.462. The molecule has 1 aliphatic heterocycles. The van der Waals surface area contributed by atoms with Gasteiger partial charge in [-0.1, -0.05) is 0 Å². The fourth-order valence-electron chi connectivity index (χ4n) is 1.97. The SMILES string of the molecule is Cc1cc(N2CCCOCC2)ccc1C#N. The van der Waals surface area contributed by atoms with Crippen LogP contribution in [0, 0.1) is 18.3 Å². The molecule has 1 aliphatic rings. The average Bonchev–Trinajstić information content (AvgIpc) is 2.57. The van der Waals surface area contributed by atoms with Gasteiger partial charge in [0.05, 0.1) is 18.2 Å². The number of anilines is 1. The van der Waals surface area contributed by atoms with Gasteiger partial charge in [0.1, 0.15) is 0 Å². The van der Waals surface area contributed by atoms with E-state index in [1.807, 2.05) is 19.1 Å². The molecule has 0 bridgehead atoms. The molecule has 0 aliphatic carbocycles. The van der Waals surface area contributed by atoms with Crippen LogP contribution >= 0.6 is 0 Å². The quantitative estimate of drug-likeness (QED) is 0.721. The number of rotatable bonds is 1.